The van der Waals surface area contributed by atoms with Gasteiger partial charge in [-0.15, -0.1) is 0 Å². The van der Waals surface area contributed by atoms with Gasteiger partial charge in [0.25, 0.3) is 0 Å². The number of rotatable bonds is 14. The molecule has 0 aliphatic heterocycles. The molecule has 0 heterocycles. The lowest BCUT2D eigenvalue weighted by Crippen LogP contribution is -2.21. The first-order valence-corrected chi connectivity index (χ1v) is 12.6. The highest BCUT2D eigenvalue weighted by atomic mass is 32.2. The predicted octanol–water partition coefficient (Wildman–Crippen LogP) is 3.54. The van der Waals surface area contributed by atoms with Crippen LogP contribution in [0.2, 0.25) is 0 Å². The third-order valence-electron chi connectivity index (χ3n) is 5.22. The summed E-state index contributed by atoms with van der Waals surface area (Å²) in [5, 5.41) is 18.5. The number of carbonyl (C=O) groups is 3. The van der Waals surface area contributed by atoms with Crippen LogP contribution < -0.4 is 0 Å². The van der Waals surface area contributed by atoms with Gasteiger partial charge >= 0.3 is 17.9 Å². The highest BCUT2D eigenvalue weighted by molar-refractivity contribution is 7.91. The molecule has 1 rings (SSSR count). The molecular formula is C25H32O8S. The first-order valence-electron chi connectivity index (χ1n) is 10.9. The number of ether oxygens (including phenoxy) is 1. The fraction of sp³-hybridized carbons (Fsp3) is 0.400. The van der Waals surface area contributed by atoms with E-state index >= 15 is 0 Å². The van der Waals surface area contributed by atoms with Gasteiger partial charge < -0.3 is 14.9 Å². The van der Waals surface area contributed by atoms with Gasteiger partial charge in [0, 0.05) is 29.2 Å². The summed E-state index contributed by atoms with van der Waals surface area (Å²) >= 11 is 0. The molecule has 0 aromatic heterocycles. The van der Waals surface area contributed by atoms with E-state index in [-0.39, 0.29) is 53.2 Å². The van der Waals surface area contributed by atoms with Crippen molar-refractivity contribution in [2.24, 2.45) is 5.92 Å². The topological polar surface area (TPSA) is 135 Å². The number of hydrogen-bond donors (Lipinski definition) is 2. The minimum Gasteiger partial charge on any atom is -0.478 e. The molecule has 0 amide bonds. The molecule has 2 N–H and O–H groups in total. The molecule has 186 valence electrons. The summed E-state index contributed by atoms with van der Waals surface area (Å²) in [6.07, 6.45) is 2.26. The van der Waals surface area contributed by atoms with E-state index in [1.807, 2.05) is 6.92 Å². The molecule has 0 saturated carbocycles. The van der Waals surface area contributed by atoms with Crippen LogP contribution in [0.1, 0.15) is 44.6 Å². The van der Waals surface area contributed by atoms with Gasteiger partial charge in [-0.05, 0) is 51.2 Å². The second-order valence-electron chi connectivity index (χ2n) is 7.86. The quantitative estimate of drug-likeness (QED) is 0.174. The number of sulfone groups is 1. The van der Waals surface area contributed by atoms with Gasteiger partial charge in [0.1, 0.15) is 0 Å². The molecule has 9 heteroatoms. The number of aliphatic hydroxyl groups excluding tert-OH is 1. The fourth-order valence-corrected chi connectivity index (χ4v) is 4.30. The van der Waals surface area contributed by atoms with Gasteiger partial charge in [0.15, 0.2) is 9.84 Å². The normalized spacial score (nSPS) is 12.6. The summed E-state index contributed by atoms with van der Waals surface area (Å²) in [6, 6.07) is 6.28. The number of benzene rings is 1. The standard InChI is InChI=1S/C25H32O8S/c1-5-18(3)24(29)33-25(30)19(4)20(16-21(23(27)28)8-6-7-14-26)13-15-34(31,32)22-11-9-17(2)10-12-22/h9-12,16,20,26H,3-8,13-15H2,1-2H3,(H,27,28). The Kier molecular flexibility index (Phi) is 11.6. The summed E-state index contributed by atoms with van der Waals surface area (Å²) in [4.78, 5) is 36.3. The number of aliphatic carboxylic acids is 1. The summed E-state index contributed by atoms with van der Waals surface area (Å²) in [6.45, 7) is 10.5. The van der Waals surface area contributed by atoms with Crippen LogP contribution >= 0.6 is 0 Å². The average molecular weight is 493 g/mol. The summed E-state index contributed by atoms with van der Waals surface area (Å²) < 4.78 is 30.4. The Morgan fingerprint density at radius 2 is 1.71 bits per heavy atom. The van der Waals surface area contributed by atoms with Crippen LogP contribution in [0.5, 0.6) is 0 Å². The van der Waals surface area contributed by atoms with E-state index in [1.54, 1.807) is 19.1 Å². The van der Waals surface area contributed by atoms with E-state index in [0.717, 1.165) is 5.56 Å². The lowest BCUT2D eigenvalue weighted by molar-refractivity contribution is -0.154. The van der Waals surface area contributed by atoms with Gasteiger partial charge in [0.2, 0.25) is 0 Å². The zero-order valence-electron chi connectivity index (χ0n) is 19.6. The Morgan fingerprint density at radius 1 is 1.09 bits per heavy atom. The fourth-order valence-electron chi connectivity index (χ4n) is 2.95. The van der Waals surface area contributed by atoms with E-state index in [4.69, 9.17) is 9.84 Å². The number of hydrogen-bond acceptors (Lipinski definition) is 7. The summed E-state index contributed by atoms with van der Waals surface area (Å²) in [5.41, 5.74) is 0.676. The first-order chi connectivity index (χ1) is 15.9. The Hall–Kier alpha value is -3.04. The van der Waals surface area contributed by atoms with Gasteiger partial charge in [0.05, 0.1) is 10.6 Å². The van der Waals surface area contributed by atoms with E-state index in [9.17, 15) is 27.9 Å². The van der Waals surface area contributed by atoms with Crippen molar-refractivity contribution in [1.82, 2.24) is 0 Å². The monoisotopic (exact) mass is 492 g/mol. The molecule has 0 radical (unpaired) electrons. The SMILES string of the molecule is C=C(CC)C(=O)OC(=O)C(=C)C(C=C(CCCCO)C(=O)O)CCS(=O)(=O)c1ccc(C)cc1. The van der Waals surface area contributed by atoms with E-state index < -0.39 is 33.7 Å². The Morgan fingerprint density at radius 3 is 2.24 bits per heavy atom. The van der Waals surface area contributed by atoms with E-state index in [1.165, 1.54) is 18.2 Å². The molecule has 34 heavy (non-hydrogen) atoms. The number of carbonyl (C=O) groups excluding carboxylic acids is 2. The van der Waals surface area contributed by atoms with Crippen LogP contribution in [0.4, 0.5) is 0 Å². The van der Waals surface area contributed by atoms with Crippen molar-refractivity contribution in [3.8, 4) is 0 Å². The second kappa shape index (κ2) is 13.6. The van der Waals surface area contributed by atoms with Crippen LogP contribution in [-0.4, -0.2) is 48.9 Å². The molecule has 1 aromatic carbocycles. The largest absolute Gasteiger partial charge is 0.478 e. The van der Waals surface area contributed by atoms with Crippen LogP contribution in [-0.2, 0) is 29.0 Å². The summed E-state index contributed by atoms with van der Waals surface area (Å²) in [7, 11) is -3.73. The highest BCUT2D eigenvalue weighted by Crippen LogP contribution is 2.24. The molecule has 0 fully saturated rings. The zero-order chi connectivity index (χ0) is 25.9. The van der Waals surface area contributed by atoms with Crippen LogP contribution in [0.3, 0.4) is 0 Å². The smallest absolute Gasteiger partial charge is 0.341 e. The van der Waals surface area contributed by atoms with Crippen molar-refractivity contribution in [3.05, 3.63) is 65.8 Å². The van der Waals surface area contributed by atoms with Crippen molar-refractivity contribution in [2.45, 2.75) is 50.8 Å². The maximum atomic E-state index is 12.8. The summed E-state index contributed by atoms with van der Waals surface area (Å²) in [5.74, 6) is -4.63. The Bertz CT molecular complexity index is 1050. The van der Waals surface area contributed by atoms with Crippen molar-refractivity contribution >= 4 is 27.7 Å². The molecule has 1 atom stereocenters. The lowest BCUT2D eigenvalue weighted by Gasteiger charge is -2.17. The maximum absolute atomic E-state index is 12.8. The number of aryl methyl sites for hydroxylation is 1. The third-order valence-corrected chi connectivity index (χ3v) is 6.98. The van der Waals surface area contributed by atoms with Crippen molar-refractivity contribution in [1.29, 1.82) is 0 Å². The minimum atomic E-state index is -3.73. The number of esters is 2. The average Bonchev–Trinajstić information content (AvgIpc) is 2.79. The number of carboxylic acid groups (broad SMARTS) is 1. The van der Waals surface area contributed by atoms with Gasteiger partial charge in [-0.25, -0.2) is 22.8 Å². The molecule has 1 aromatic rings. The highest BCUT2D eigenvalue weighted by Gasteiger charge is 2.26. The number of carboxylic acids is 1. The number of unbranched alkanes of at least 4 members (excludes halogenated alkanes) is 1. The van der Waals surface area contributed by atoms with Gasteiger partial charge in [-0.2, -0.15) is 0 Å². The van der Waals surface area contributed by atoms with Crippen LogP contribution in [0.25, 0.3) is 0 Å². The number of aliphatic hydroxyl groups is 1. The van der Waals surface area contributed by atoms with Crippen LogP contribution in [0, 0.1) is 12.8 Å². The van der Waals surface area contributed by atoms with E-state index in [0.29, 0.717) is 12.8 Å². The molecule has 0 bridgehead atoms. The van der Waals surface area contributed by atoms with Crippen molar-refractivity contribution in [3.63, 3.8) is 0 Å². The molecule has 0 aliphatic rings. The first kappa shape index (κ1) is 29.0. The zero-order valence-corrected chi connectivity index (χ0v) is 20.4. The molecule has 0 spiro atoms. The van der Waals surface area contributed by atoms with Gasteiger partial charge in [-0.3, -0.25) is 0 Å². The van der Waals surface area contributed by atoms with Crippen molar-refractivity contribution in [2.75, 3.05) is 12.4 Å². The molecule has 8 nitrogen and oxygen atoms in total. The lowest BCUT2D eigenvalue weighted by atomic mass is 9.93. The number of allylic oxidation sites excluding steroid dienone is 1. The predicted molar refractivity (Wildman–Crippen MR) is 128 cm³/mol. The molecular weight excluding hydrogens is 460 g/mol. The Labute approximate surface area is 200 Å². The molecule has 0 saturated heterocycles. The van der Waals surface area contributed by atoms with Crippen LogP contribution in [0.15, 0.2) is 65.1 Å². The van der Waals surface area contributed by atoms with E-state index in [2.05, 4.69) is 13.2 Å². The Balaban J connectivity index is 3.20. The molecule has 1 unspecified atom stereocenters. The van der Waals surface area contributed by atoms with Crippen molar-refractivity contribution < 1.29 is 37.8 Å². The third kappa shape index (κ3) is 9.07. The maximum Gasteiger partial charge on any atom is 0.341 e. The molecule has 0 aliphatic carbocycles. The van der Waals surface area contributed by atoms with Gasteiger partial charge in [-0.1, -0.05) is 43.9 Å². The second-order valence-corrected chi connectivity index (χ2v) is 9.97. The minimum absolute atomic E-state index is 0.0515.